The molecule has 1 unspecified atom stereocenters. The lowest BCUT2D eigenvalue weighted by molar-refractivity contribution is 0.317. The Bertz CT molecular complexity index is 314. The molecular formula is C12H18BrNO. The SMILES string of the molecule is CCCOc1ccc(C(C)NC)c(Br)c1. The van der Waals surface area contributed by atoms with Crippen LogP contribution in [0.2, 0.25) is 0 Å². The highest BCUT2D eigenvalue weighted by Crippen LogP contribution is 2.27. The van der Waals surface area contributed by atoms with Crippen molar-refractivity contribution < 1.29 is 4.74 Å². The zero-order chi connectivity index (χ0) is 11.3. The zero-order valence-electron chi connectivity index (χ0n) is 9.51. The van der Waals surface area contributed by atoms with Crippen LogP contribution in [0.4, 0.5) is 0 Å². The molecule has 0 radical (unpaired) electrons. The van der Waals surface area contributed by atoms with Crippen molar-refractivity contribution in [3.63, 3.8) is 0 Å². The van der Waals surface area contributed by atoms with Crippen molar-refractivity contribution in [2.24, 2.45) is 0 Å². The molecule has 0 aromatic heterocycles. The zero-order valence-corrected chi connectivity index (χ0v) is 11.1. The third kappa shape index (κ3) is 3.50. The summed E-state index contributed by atoms with van der Waals surface area (Å²) in [7, 11) is 1.96. The Hall–Kier alpha value is -0.540. The second-order valence-electron chi connectivity index (χ2n) is 3.54. The van der Waals surface area contributed by atoms with Crippen LogP contribution in [-0.2, 0) is 0 Å². The van der Waals surface area contributed by atoms with E-state index in [9.17, 15) is 0 Å². The van der Waals surface area contributed by atoms with Crippen LogP contribution >= 0.6 is 15.9 Å². The molecule has 84 valence electrons. The Morgan fingerprint density at radius 3 is 2.73 bits per heavy atom. The van der Waals surface area contributed by atoms with Crippen molar-refractivity contribution in [1.29, 1.82) is 0 Å². The molecule has 15 heavy (non-hydrogen) atoms. The molecule has 0 aliphatic heterocycles. The van der Waals surface area contributed by atoms with Crippen LogP contribution in [0.3, 0.4) is 0 Å². The van der Waals surface area contributed by atoms with E-state index in [0.717, 1.165) is 23.2 Å². The Labute approximate surface area is 100 Å². The van der Waals surface area contributed by atoms with E-state index in [2.05, 4.69) is 41.2 Å². The third-order valence-electron chi connectivity index (χ3n) is 2.34. The van der Waals surface area contributed by atoms with Gasteiger partial charge in [-0.1, -0.05) is 28.9 Å². The minimum Gasteiger partial charge on any atom is -0.494 e. The molecule has 0 fully saturated rings. The van der Waals surface area contributed by atoms with Gasteiger partial charge in [0, 0.05) is 10.5 Å². The van der Waals surface area contributed by atoms with Gasteiger partial charge in [0.2, 0.25) is 0 Å². The molecule has 1 N–H and O–H groups in total. The van der Waals surface area contributed by atoms with Gasteiger partial charge in [0.05, 0.1) is 6.61 Å². The molecule has 0 spiro atoms. The minimum absolute atomic E-state index is 0.347. The van der Waals surface area contributed by atoms with Crippen LogP contribution in [0.5, 0.6) is 5.75 Å². The molecule has 0 heterocycles. The third-order valence-corrected chi connectivity index (χ3v) is 3.03. The highest BCUT2D eigenvalue weighted by molar-refractivity contribution is 9.10. The number of rotatable bonds is 5. The Kier molecular flexibility index (Phi) is 5.12. The average molecular weight is 272 g/mol. The van der Waals surface area contributed by atoms with Crippen LogP contribution in [0.1, 0.15) is 31.9 Å². The number of ether oxygens (including phenoxy) is 1. The molecule has 2 nitrogen and oxygen atoms in total. The normalized spacial score (nSPS) is 12.5. The van der Waals surface area contributed by atoms with Crippen molar-refractivity contribution in [3.8, 4) is 5.75 Å². The van der Waals surface area contributed by atoms with E-state index in [1.54, 1.807) is 0 Å². The van der Waals surface area contributed by atoms with Crippen molar-refractivity contribution in [2.75, 3.05) is 13.7 Å². The fraction of sp³-hybridized carbons (Fsp3) is 0.500. The molecule has 0 saturated heterocycles. The maximum Gasteiger partial charge on any atom is 0.120 e. The number of hydrogen-bond donors (Lipinski definition) is 1. The monoisotopic (exact) mass is 271 g/mol. The van der Waals surface area contributed by atoms with E-state index in [1.807, 2.05) is 19.2 Å². The van der Waals surface area contributed by atoms with Gasteiger partial charge in [0.1, 0.15) is 5.75 Å². The molecule has 3 heteroatoms. The first-order chi connectivity index (χ1) is 7.19. The molecule has 1 aromatic carbocycles. The van der Waals surface area contributed by atoms with Gasteiger partial charge in [-0.25, -0.2) is 0 Å². The predicted molar refractivity (Wildman–Crippen MR) is 67.4 cm³/mol. The molecule has 1 atom stereocenters. The summed E-state index contributed by atoms with van der Waals surface area (Å²) in [5.74, 6) is 0.927. The summed E-state index contributed by atoms with van der Waals surface area (Å²) in [6, 6.07) is 6.48. The van der Waals surface area contributed by atoms with Crippen LogP contribution in [-0.4, -0.2) is 13.7 Å². The van der Waals surface area contributed by atoms with Gasteiger partial charge in [-0.2, -0.15) is 0 Å². The van der Waals surface area contributed by atoms with E-state index in [0.29, 0.717) is 6.04 Å². The first-order valence-electron chi connectivity index (χ1n) is 5.28. The number of benzene rings is 1. The fourth-order valence-electron chi connectivity index (χ4n) is 1.32. The van der Waals surface area contributed by atoms with Crippen molar-refractivity contribution in [3.05, 3.63) is 28.2 Å². The first-order valence-corrected chi connectivity index (χ1v) is 6.07. The summed E-state index contributed by atoms with van der Waals surface area (Å²) in [6.45, 7) is 5.01. The number of hydrogen-bond acceptors (Lipinski definition) is 2. The fourth-order valence-corrected chi connectivity index (χ4v) is 2.03. The van der Waals surface area contributed by atoms with Gasteiger partial charge in [-0.3, -0.25) is 0 Å². The van der Waals surface area contributed by atoms with E-state index < -0.39 is 0 Å². The summed E-state index contributed by atoms with van der Waals surface area (Å²) >= 11 is 3.56. The summed E-state index contributed by atoms with van der Waals surface area (Å²) in [4.78, 5) is 0. The van der Waals surface area contributed by atoms with E-state index in [1.165, 1.54) is 5.56 Å². The molecule has 0 bridgehead atoms. The van der Waals surface area contributed by atoms with Gasteiger partial charge in [-0.15, -0.1) is 0 Å². The Balaban J connectivity index is 2.78. The van der Waals surface area contributed by atoms with Gasteiger partial charge in [-0.05, 0) is 38.1 Å². The highest BCUT2D eigenvalue weighted by Gasteiger charge is 2.07. The van der Waals surface area contributed by atoms with Gasteiger partial charge < -0.3 is 10.1 Å². The molecule has 1 aromatic rings. The maximum atomic E-state index is 5.55. The first kappa shape index (κ1) is 12.5. The lowest BCUT2D eigenvalue weighted by Gasteiger charge is -2.14. The van der Waals surface area contributed by atoms with Crippen LogP contribution < -0.4 is 10.1 Å². The summed E-state index contributed by atoms with van der Waals surface area (Å²) in [5.41, 5.74) is 1.25. The van der Waals surface area contributed by atoms with Crippen LogP contribution in [0, 0.1) is 0 Å². The number of nitrogens with one attached hydrogen (secondary N) is 1. The lowest BCUT2D eigenvalue weighted by Crippen LogP contribution is -2.12. The summed E-state index contributed by atoms with van der Waals surface area (Å²) in [6.07, 6.45) is 1.03. The Morgan fingerprint density at radius 2 is 2.20 bits per heavy atom. The summed E-state index contributed by atoms with van der Waals surface area (Å²) in [5, 5.41) is 3.21. The molecule has 0 aliphatic rings. The topological polar surface area (TPSA) is 21.3 Å². The minimum atomic E-state index is 0.347. The summed E-state index contributed by atoms with van der Waals surface area (Å²) < 4.78 is 6.65. The standard InChI is InChI=1S/C12H18BrNO/c1-4-7-15-10-5-6-11(9(2)14-3)12(13)8-10/h5-6,8-9,14H,4,7H2,1-3H3. The molecule has 0 amide bonds. The highest BCUT2D eigenvalue weighted by atomic mass is 79.9. The second kappa shape index (κ2) is 6.13. The van der Waals surface area contributed by atoms with E-state index in [4.69, 9.17) is 4.74 Å². The van der Waals surface area contributed by atoms with E-state index >= 15 is 0 Å². The van der Waals surface area contributed by atoms with Crippen LogP contribution in [0.15, 0.2) is 22.7 Å². The van der Waals surface area contributed by atoms with Gasteiger partial charge >= 0.3 is 0 Å². The largest absolute Gasteiger partial charge is 0.494 e. The van der Waals surface area contributed by atoms with Crippen molar-refractivity contribution in [1.82, 2.24) is 5.32 Å². The molecular weight excluding hydrogens is 254 g/mol. The van der Waals surface area contributed by atoms with Crippen LogP contribution in [0.25, 0.3) is 0 Å². The predicted octanol–water partition coefficient (Wildman–Crippen LogP) is 3.52. The van der Waals surface area contributed by atoms with Crippen molar-refractivity contribution >= 4 is 15.9 Å². The number of halogens is 1. The smallest absolute Gasteiger partial charge is 0.120 e. The molecule has 0 saturated carbocycles. The second-order valence-corrected chi connectivity index (χ2v) is 4.40. The molecule has 0 aliphatic carbocycles. The van der Waals surface area contributed by atoms with Gasteiger partial charge in [0.25, 0.3) is 0 Å². The lowest BCUT2D eigenvalue weighted by atomic mass is 10.1. The quantitative estimate of drug-likeness (QED) is 0.885. The van der Waals surface area contributed by atoms with E-state index in [-0.39, 0.29) is 0 Å². The van der Waals surface area contributed by atoms with Crippen molar-refractivity contribution in [2.45, 2.75) is 26.3 Å². The van der Waals surface area contributed by atoms with Gasteiger partial charge in [0.15, 0.2) is 0 Å². The average Bonchev–Trinajstić information content (AvgIpc) is 2.25. The maximum absolute atomic E-state index is 5.55. The Morgan fingerprint density at radius 1 is 1.47 bits per heavy atom. The molecule has 1 rings (SSSR count).